The molecular weight excluding hydrogens is 262 g/mol. The monoisotopic (exact) mass is 285 g/mol. The average molecular weight is 285 g/mol. The Morgan fingerprint density at radius 3 is 2.57 bits per heavy atom. The van der Waals surface area contributed by atoms with Crippen molar-refractivity contribution in [2.24, 2.45) is 4.99 Å². The molecule has 0 aliphatic carbocycles. The van der Waals surface area contributed by atoms with E-state index in [-0.39, 0.29) is 5.54 Å². The first-order chi connectivity index (χ1) is 10.1. The van der Waals surface area contributed by atoms with Gasteiger partial charge in [-0.1, -0.05) is 18.2 Å². The molecule has 1 N–H and O–H groups in total. The van der Waals surface area contributed by atoms with E-state index in [9.17, 15) is 0 Å². The first-order valence-electron chi connectivity index (χ1n) is 7.58. The van der Waals surface area contributed by atoms with Crippen molar-refractivity contribution in [3.8, 4) is 0 Å². The normalized spacial score (nSPS) is 21.5. The maximum Gasteiger partial charge on any atom is 0.125 e. The number of dihydropyridines is 1. The lowest BCUT2D eigenvalue weighted by molar-refractivity contribution is 0.0679. The lowest BCUT2D eigenvalue weighted by Crippen LogP contribution is -2.43. The minimum absolute atomic E-state index is 0.0699. The van der Waals surface area contributed by atoms with Gasteiger partial charge in [0.2, 0.25) is 0 Å². The van der Waals surface area contributed by atoms with Gasteiger partial charge in [0.15, 0.2) is 0 Å². The predicted octanol–water partition coefficient (Wildman–Crippen LogP) is 2.90. The third kappa shape index (κ3) is 3.64. The van der Waals surface area contributed by atoms with Crippen molar-refractivity contribution in [1.82, 2.24) is 4.90 Å². The largest absolute Gasteiger partial charge is 0.378 e. The lowest BCUT2D eigenvalue weighted by Gasteiger charge is -2.35. The Hall–Kier alpha value is -1.81. The van der Waals surface area contributed by atoms with E-state index in [0.717, 1.165) is 44.2 Å². The molecule has 0 saturated carbocycles. The fourth-order valence-corrected chi connectivity index (χ4v) is 2.80. The molecule has 0 spiro atoms. The number of aliphatic imine (C=N–C) groups is 1. The van der Waals surface area contributed by atoms with E-state index in [0.29, 0.717) is 0 Å². The van der Waals surface area contributed by atoms with E-state index in [4.69, 9.17) is 9.73 Å². The van der Waals surface area contributed by atoms with Crippen LogP contribution >= 0.6 is 0 Å². The summed E-state index contributed by atoms with van der Waals surface area (Å²) in [5, 5.41) is 3.53. The second-order valence-electron chi connectivity index (χ2n) is 6.22. The molecule has 3 rings (SSSR count). The molecule has 4 heteroatoms. The van der Waals surface area contributed by atoms with Gasteiger partial charge in [-0.15, -0.1) is 0 Å². The van der Waals surface area contributed by atoms with Gasteiger partial charge < -0.3 is 15.0 Å². The maximum absolute atomic E-state index is 5.43. The Labute approximate surface area is 126 Å². The van der Waals surface area contributed by atoms with Gasteiger partial charge in [-0.2, -0.15) is 0 Å². The van der Waals surface area contributed by atoms with Gasteiger partial charge in [-0.25, -0.2) is 0 Å². The van der Waals surface area contributed by atoms with Gasteiger partial charge in [-0.3, -0.25) is 4.99 Å². The molecule has 0 amide bonds. The second-order valence-corrected chi connectivity index (χ2v) is 6.22. The second kappa shape index (κ2) is 5.90. The molecule has 2 aliphatic heterocycles. The number of para-hydroxylation sites is 1. The van der Waals surface area contributed by atoms with Crippen molar-refractivity contribution in [2.45, 2.75) is 25.8 Å². The van der Waals surface area contributed by atoms with Crippen LogP contribution < -0.4 is 5.32 Å². The van der Waals surface area contributed by atoms with Crippen molar-refractivity contribution in [1.29, 1.82) is 0 Å². The highest BCUT2D eigenvalue weighted by Crippen LogP contribution is 2.27. The molecule has 2 aliphatic rings. The zero-order valence-electron chi connectivity index (χ0n) is 12.8. The molecule has 2 heterocycles. The summed E-state index contributed by atoms with van der Waals surface area (Å²) in [6.45, 7) is 7.79. The van der Waals surface area contributed by atoms with Gasteiger partial charge in [0.05, 0.1) is 18.8 Å². The summed E-state index contributed by atoms with van der Waals surface area (Å²) in [6, 6.07) is 10.3. The highest BCUT2D eigenvalue weighted by molar-refractivity contribution is 5.95. The van der Waals surface area contributed by atoms with Crippen LogP contribution in [0.4, 0.5) is 5.69 Å². The molecule has 0 aromatic heterocycles. The topological polar surface area (TPSA) is 36.9 Å². The van der Waals surface area contributed by atoms with Gasteiger partial charge in [0.1, 0.15) is 5.84 Å². The van der Waals surface area contributed by atoms with Crippen LogP contribution in [-0.2, 0) is 4.74 Å². The highest BCUT2D eigenvalue weighted by atomic mass is 16.5. The molecule has 112 valence electrons. The van der Waals surface area contributed by atoms with E-state index in [1.54, 1.807) is 0 Å². The number of morpholine rings is 1. The minimum atomic E-state index is -0.0699. The van der Waals surface area contributed by atoms with Crippen molar-refractivity contribution in [3.05, 3.63) is 42.1 Å². The van der Waals surface area contributed by atoms with Crippen molar-refractivity contribution in [2.75, 3.05) is 31.6 Å². The molecule has 4 nitrogen and oxygen atoms in total. The first kappa shape index (κ1) is 14.1. The standard InChI is InChI=1S/C17H23N3O/c1-17(2)13-15(18-14-6-4-3-5-7-14)12-16(19-17)20-8-10-21-11-9-20/h3-7,12,18H,8-11,13H2,1-2H3. The van der Waals surface area contributed by atoms with Crippen molar-refractivity contribution >= 4 is 11.5 Å². The highest BCUT2D eigenvalue weighted by Gasteiger charge is 2.26. The number of benzene rings is 1. The number of hydrogen-bond acceptors (Lipinski definition) is 4. The number of anilines is 1. The zero-order chi connectivity index (χ0) is 14.7. The molecule has 1 aromatic carbocycles. The number of nitrogens with zero attached hydrogens (tertiary/aromatic N) is 2. The molecule has 0 radical (unpaired) electrons. The Morgan fingerprint density at radius 2 is 1.86 bits per heavy atom. The summed E-state index contributed by atoms with van der Waals surface area (Å²) in [6.07, 6.45) is 3.11. The first-order valence-corrected chi connectivity index (χ1v) is 7.58. The summed E-state index contributed by atoms with van der Waals surface area (Å²) < 4.78 is 5.43. The summed E-state index contributed by atoms with van der Waals surface area (Å²) in [5.74, 6) is 1.08. The molecular formula is C17H23N3O. The van der Waals surface area contributed by atoms with Gasteiger partial charge in [0.25, 0.3) is 0 Å². The maximum atomic E-state index is 5.43. The molecule has 1 aromatic rings. The van der Waals surface area contributed by atoms with Crippen LogP contribution in [-0.4, -0.2) is 42.6 Å². The SMILES string of the molecule is CC1(C)CC(Nc2ccccc2)=CC(N2CCOCC2)=N1. The summed E-state index contributed by atoms with van der Waals surface area (Å²) in [7, 11) is 0. The Balaban J connectivity index is 1.80. The summed E-state index contributed by atoms with van der Waals surface area (Å²) in [5.41, 5.74) is 2.28. The number of rotatable bonds is 2. The van der Waals surface area contributed by atoms with Crippen LogP contribution in [0.3, 0.4) is 0 Å². The lowest BCUT2D eigenvalue weighted by atomic mass is 9.96. The number of ether oxygens (including phenoxy) is 1. The Bertz CT molecular complexity index is 542. The van der Waals surface area contributed by atoms with Crippen LogP contribution in [0.5, 0.6) is 0 Å². The average Bonchev–Trinajstić information content (AvgIpc) is 2.47. The van der Waals surface area contributed by atoms with Gasteiger partial charge >= 0.3 is 0 Å². The van der Waals surface area contributed by atoms with Crippen LogP contribution in [0.1, 0.15) is 20.3 Å². The van der Waals surface area contributed by atoms with E-state index in [1.165, 1.54) is 5.70 Å². The molecule has 0 bridgehead atoms. The van der Waals surface area contributed by atoms with E-state index >= 15 is 0 Å². The summed E-state index contributed by atoms with van der Waals surface area (Å²) >= 11 is 0. The molecule has 1 saturated heterocycles. The number of hydrogen-bond donors (Lipinski definition) is 1. The Kier molecular flexibility index (Phi) is 3.97. The fraction of sp³-hybridized carbons (Fsp3) is 0.471. The van der Waals surface area contributed by atoms with E-state index < -0.39 is 0 Å². The van der Waals surface area contributed by atoms with Gasteiger partial charge in [-0.05, 0) is 32.1 Å². The van der Waals surface area contributed by atoms with Crippen LogP contribution in [0, 0.1) is 0 Å². The van der Waals surface area contributed by atoms with Gasteiger partial charge in [0, 0.05) is 30.9 Å². The van der Waals surface area contributed by atoms with Crippen LogP contribution in [0.2, 0.25) is 0 Å². The van der Waals surface area contributed by atoms with E-state index in [2.05, 4.69) is 42.3 Å². The third-order valence-corrected chi connectivity index (χ3v) is 3.76. The molecule has 21 heavy (non-hydrogen) atoms. The smallest absolute Gasteiger partial charge is 0.125 e. The quantitative estimate of drug-likeness (QED) is 0.908. The number of nitrogens with one attached hydrogen (secondary N) is 1. The zero-order valence-corrected chi connectivity index (χ0v) is 12.8. The predicted molar refractivity (Wildman–Crippen MR) is 86.7 cm³/mol. The summed E-state index contributed by atoms with van der Waals surface area (Å²) in [4.78, 5) is 7.22. The molecule has 0 atom stereocenters. The fourth-order valence-electron chi connectivity index (χ4n) is 2.80. The van der Waals surface area contributed by atoms with Crippen molar-refractivity contribution in [3.63, 3.8) is 0 Å². The van der Waals surface area contributed by atoms with Crippen LogP contribution in [0.25, 0.3) is 0 Å². The van der Waals surface area contributed by atoms with Crippen molar-refractivity contribution < 1.29 is 4.74 Å². The van der Waals surface area contributed by atoms with E-state index in [1.807, 2.05) is 18.2 Å². The number of amidine groups is 1. The minimum Gasteiger partial charge on any atom is -0.378 e. The molecule has 0 unspecified atom stereocenters. The van der Waals surface area contributed by atoms with Crippen LogP contribution in [0.15, 0.2) is 47.1 Å². The Morgan fingerprint density at radius 1 is 1.14 bits per heavy atom. The molecule has 1 fully saturated rings. The third-order valence-electron chi connectivity index (χ3n) is 3.76.